The van der Waals surface area contributed by atoms with Gasteiger partial charge in [-0.05, 0) is 63.6 Å². The molecule has 1 aliphatic heterocycles. The highest BCUT2D eigenvalue weighted by molar-refractivity contribution is 7.82. The lowest BCUT2D eigenvalue weighted by Gasteiger charge is -2.33. The number of hydrogen-bond donors (Lipinski definition) is 1. The summed E-state index contributed by atoms with van der Waals surface area (Å²) in [6.45, 7) is 8.78. The van der Waals surface area contributed by atoms with E-state index in [2.05, 4.69) is 5.32 Å². The molecule has 0 radical (unpaired) electrons. The number of rotatable bonds is 8. The van der Waals surface area contributed by atoms with Crippen molar-refractivity contribution in [1.29, 1.82) is 0 Å². The number of ether oxygens (including phenoxy) is 1. The first-order chi connectivity index (χ1) is 18.9. The van der Waals surface area contributed by atoms with Gasteiger partial charge in [0, 0.05) is 31.3 Å². The quantitative estimate of drug-likeness (QED) is 0.355. The van der Waals surface area contributed by atoms with Gasteiger partial charge in [0.2, 0.25) is 0 Å². The number of halogens is 3. The molecule has 1 unspecified atom stereocenters. The Hall–Kier alpha value is -1.82. The predicted octanol–water partition coefficient (Wildman–Crippen LogP) is 7.00. The Bertz CT molecular complexity index is 1200. The van der Waals surface area contributed by atoms with E-state index in [1.807, 2.05) is 20.8 Å². The van der Waals surface area contributed by atoms with Gasteiger partial charge in [0.25, 0.3) is 5.91 Å². The normalized spacial score (nSPS) is 18.7. The second kappa shape index (κ2) is 13.0. The summed E-state index contributed by atoms with van der Waals surface area (Å²) in [5, 5.41) is 3.29. The number of aromatic nitrogens is 1. The van der Waals surface area contributed by atoms with Crippen molar-refractivity contribution in [2.45, 2.75) is 102 Å². The van der Waals surface area contributed by atoms with Crippen LogP contribution in [0.4, 0.5) is 13.2 Å². The molecule has 6 nitrogen and oxygen atoms in total. The van der Waals surface area contributed by atoms with Crippen molar-refractivity contribution in [3.05, 3.63) is 34.5 Å². The maximum atomic E-state index is 14.4. The minimum absolute atomic E-state index is 0.00850. The minimum atomic E-state index is -4.70. The fraction of sp³-hybridized carbons (Fsp3) is 0.655. The van der Waals surface area contributed by atoms with Crippen LogP contribution in [0, 0.1) is 5.92 Å². The second-order valence-electron chi connectivity index (χ2n) is 11.7. The van der Waals surface area contributed by atoms with Gasteiger partial charge in [-0.15, -0.1) is 11.3 Å². The third-order valence-corrected chi connectivity index (χ3v) is 10.7. The molecule has 1 atom stereocenters. The maximum Gasteiger partial charge on any atom is 0.417 e. The molecule has 1 aliphatic carbocycles. The fourth-order valence-corrected chi connectivity index (χ4v) is 8.08. The molecule has 11 heteroatoms. The topological polar surface area (TPSA) is 71.5 Å². The van der Waals surface area contributed by atoms with E-state index in [0.29, 0.717) is 48.2 Å². The molecule has 1 saturated heterocycles. The maximum absolute atomic E-state index is 14.4. The summed E-state index contributed by atoms with van der Waals surface area (Å²) in [4.78, 5) is 18.2. The number of nitrogens with zero attached hydrogens (tertiary/aromatic N) is 2. The number of benzene rings is 1. The van der Waals surface area contributed by atoms with Gasteiger partial charge in [-0.2, -0.15) is 13.2 Å². The Balaban J connectivity index is 1.73. The van der Waals surface area contributed by atoms with Crippen molar-refractivity contribution in [1.82, 2.24) is 14.6 Å². The molecule has 2 fully saturated rings. The zero-order chi connectivity index (χ0) is 29.1. The molecule has 40 heavy (non-hydrogen) atoms. The van der Waals surface area contributed by atoms with Crippen LogP contribution in [-0.2, 0) is 28.3 Å². The summed E-state index contributed by atoms with van der Waals surface area (Å²) >= 11 is 1.14. The van der Waals surface area contributed by atoms with E-state index in [0.717, 1.165) is 55.9 Å². The lowest BCUT2D eigenvalue weighted by Crippen LogP contribution is -2.42. The number of amides is 1. The number of nitrogens with one attached hydrogen (secondary N) is 1. The summed E-state index contributed by atoms with van der Waals surface area (Å²) in [6, 6.07) is 4.00. The summed E-state index contributed by atoms with van der Waals surface area (Å²) < 4.78 is 63.5. The molecule has 1 amide bonds. The van der Waals surface area contributed by atoms with Crippen molar-refractivity contribution < 1.29 is 26.9 Å². The van der Waals surface area contributed by atoms with Gasteiger partial charge in [-0.1, -0.05) is 45.1 Å². The van der Waals surface area contributed by atoms with E-state index in [-0.39, 0.29) is 21.9 Å². The Kier molecular flexibility index (Phi) is 10.1. The highest BCUT2D eigenvalue weighted by atomic mass is 32.2. The average Bonchev–Trinajstić information content (AvgIpc) is 3.32. The van der Waals surface area contributed by atoms with Crippen LogP contribution in [0.3, 0.4) is 0 Å². The Morgan fingerprint density at radius 2 is 1.80 bits per heavy atom. The standard InChI is InChI=1S/C29H40F3N3O3S2/c1-5-35(28(2,3)4)40(37)24-12-11-20(18-22(24)29(30,31)32)25-23(17-19-9-7-6-8-10-19)34-27(39-25)26(36)33-21-13-15-38-16-14-21/h11-12,18-19,21H,5-10,13-17H2,1-4H3,(H,33,36). The molecule has 1 aromatic heterocycles. The fourth-order valence-electron chi connectivity index (χ4n) is 5.57. The molecule has 222 valence electrons. The van der Waals surface area contributed by atoms with Crippen molar-refractivity contribution in [3.8, 4) is 10.4 Å². The lowest BCUT2D eigenvalue weighted by atomic mass is 9.85. The number of carbonyl (C=O) groups is 1. The predicted molar refractivity (Wildman–Crippen MR) is 153 cm³/mol. The van der Waals surface area contributed by atoms with Crippen LogP contribution in [0.25, 0.3) is 10.4 Å². The highest BCUT2D eigenvalue weighted by Crippen LogP contribution is 2.41. The van der Waals surface area contributed by atoms with Crippen LogP contribution in [0.5, 0.6) is 0 Å². The van der Waals surface area contributed by atoms with Gasteiger partial charge in [0.05, 0.1) is 21.0 Å². The van der Waals surface area contributed by atoms with E-state index in [1.54, 1.807) is 17.3 Å². The van der Waals surface area contributed by atoms with Gasteiger partial charge in [-0.25, -0.2) is 13.5 Å². The SMILES string of the molecule is CCN(S(=O)c1ccc(-c2sc(C(=O)NC3CCOCC3)nc2CC2CCCCC2)cc1C(F)(F)F)C(C)(C)C. The third-order valence-electron chi connectivity index (χ3n) is 7.63. The van der Waals surface area contributed by atoms with E-state index >= 15 is 0 Å². The van der Waals surface area contributed by atoms with Gasteiger partial charge in [0.15, 0.2) is 5.01 Å². The van der Waals surface area contributed by atoms with Crippen LogP contribution in [-0.4, -0.2) is 50.7 Å². The zero-order valence-electron chi connectivity index (χ0n) is 23.7. The van der Waals surface area contributed by atoms with Gasteiger partial charge in [-0.3, -0.25) is 4.79 Å². The first-order valence-corrected chi connectivity index (χ1v) is 16.1. The molecular weight excluding hydrogens is 559 g/mol. The summed E-state index contributed by atoms with van der Waals surface area (Å²) in [5.74, 6) is 0.0883. The molecule has 2 heterocycles. The molecule has 1 aromatic carbocycles. The van der Waals surface area contributed by atoms with Crippen molar-refractivity contribution >= 4 is 28.2 Å². The van der Waals surface area contributed by atoms with E-state index in [1.165, 1.54) is 12.5 Å². The van der Waals surface area contributed by atoms with Crippen LogP contribution in [0.1, 0.15) is 93.7 Å². The van der Waals surface area contributed by atoms with Gasteiger partial charge < -0.3 is 10.1 Å². The Morgan fingerprint density at radius 3 is 2.40 bits per heavy atom. The summed E-state index contributed by atoms with van der Waals surface area (Å²) in [5.41, 5.74) is -0.490. The van der Waals surface area contributed by atoms with E-state index in [4.69, 9.17) is 9.72 Å². The monoisotopic (exact) mass is 599 g/mol. The van der Waals surface area contributed by atoms with Gasteiger partial charge >= 0.3 is 6.18 Å². The molecule has 1 saturated carbocycles. The summed E-state index contributed by atoms with van der Waals surface area (Å²) in [7, 11) is -2.00. The first kappa shape index (κ1) is 31.1. The third kappa shape index (κ3) is 7.52. The first-order valence-electron chi connectivity index (χ1n) is 14.2. The Labute approximate surface area is 241 Å². The number of carbonyl (C=O) groups excluding carboxylic acids is 1. The molecule has 0 bridgehead atoms. The number of hydrogen-bond acceptors (Lipinski definition) is 5. The number of thiazole rings is 1. The largest absolute Gasteiger partial charge is 0.417 e. The van der Waals surface area contributed by atoms with E-state index in [9.17, 15) is 22.2 Å². The van der Waals surface area contributed by atoms with Crippen LogP contribution in [0.2, 0.25) is 0 Å². The lowest BCUT2D eigenvalue weighted by molar-refractivity contribution is -0.139. The highest BCUT2D eigenvalue weighted by Gasteiger charge is 2.38. The summed E-state index contributed by atoms with van der Waals surface area (Å²) in [6.07, 6.45) is 2.90. The second-order valence-corrected chi connectivity index (χ2v) is 14.1. The molecule has 1 N–H and O–H groups in total. The van der Waals surface area contributed by atoms with Crippen LogP contribution >= 0.6 is 11.3 Å². The van der Waals surface area contributed by atoms with Gasteiger partial charge in [0.1, 0.15) is 11.0 Å². The average molecular weight is 600 g/mol. The molecule has 0 spiro atoms. The molecule has 2 aliphatic rings. The smallest absolute Gasteiger partial charge is 0.381 e. The number of alkyl halides is 3. The molecular formula is C29H40F3N3O3S2. The Morgan fingerprint density at radius 1 is 1.12 bits per heavy atom. The van der Waals surface area contributed by atoms with Crippen molar-refractivity contribution in [3.63, 3.8) is 0 Å². The molecule has 4 rings (SSSR count). The minimum Gasteiger partial charge on any atom is -0.381 e. The van der Waals surface area contributed by atoms with Crippen molar-refractivity contribution in [2.75, 3.05) is 19.8 Å². The van der Waals surface area contributed by atoms with Crippen LogP contribution < -0.4 is 5.32 Å². The van der Waals surface area contributed by atoms with Crippen molar-refractivity contribution in [2.24, 2.45) is 5.92 Å². The molecule has 2 aromatic rings. The van der Waals surface area contributed by atoms with Crippen LogP contribution in [0.15, 0.2) is 23.1 Å². The zero-order valence-corrected chi connectivity index (χ0v) is 25.4. The van der Waals surface area contributed by atoms with E-state index < -0.39 is 28.3 Å².